The van der Waals surface area contributed by atoms with Crippen LogP contribution in [-0.2, 0) is 4.79 Å². The molecule has 94 valence electrons. The highest BCUT2D eigenvalue weighted by Crippen LogP contribution is 2.36. The van der Waals surface area contributed by atoms with Crippen LogP contribution in [0, 0.1) is 0 Å². The van der Waals surface area contributed by atoms with Crippen LogP contribution in [0.4, 0.5) is 0 Å². The minimum atomic E-state index is -0.828. The molecule has 0 saturated heterocycles. The predicted molar refractivity (Wildman–Crippen MR) is 61.9 cm³/mol. The van der Waals surface area contributed by atoms with Gasteiger partial charge in [0, 0.05) is 6.42 Å². The molecule has 1 N–H and O–H groups in total. The van der Waals surface area contributed by atoms with Crippen molar-refractivity contribution in [2.75, 3.05) is 20.8 Å². The zero-order chi connectivity index (χ0) is 12.7. The minimum Gasteiger partial charge on any atom is -0.493 e. The fraction of sp³-hybridized carbons (Fsp3) is 0.417. The van der Waals surface area contributed by atoms with E-state index in [-0.39, 0.29) is 6.42 Å². The van der Waals surface area contributed by atoms with Gasteiger partial charge in [-0.05, 0) is 18.6 Å². The predicted octanol–water partition coefficient (Wildman–Crippen LogP) is 1.95. The van der Waals surface area contributed by atoms with E-state index in [1.165, 1.54) is 7.11 Å². The molecule has 0 fully saturated rings. The molecular formula is C12H16O5. The third-order valence-electron chi connectivity index (χ3n) is 2.16. The van der Waals surface area contributed by atoms with Crippen LogP contribution >= 0.6 is 0 Å². The second-order valence-electron chi connectivity index (χ2n) is 3.34. The van der Waals surface area contributed by atoms with Crippen molar-refractivity contribution < 1.29 is 24.1 Å². The van der Waals surface area contributed by atoms with E-state index in [2.05, 4.69) is 0 Å². The number of carbonyl (C=O) groups is 1. The fourth-order valence-electron chi connectivity index (χ4n) is 1.38. The van der Waals surface area contributed by atoms with Crippen LogP contribution in [0.5, 0.6) is 17.2 Å². The summed E-state index contributed by atoms with van der Waals surface area (Å²) in [6.45, 7) is 0.329. The van der Waals surface area contributed by atoms with Crippen molar-refractivity contribution in [2.45, 2.75) is 12.8 Å². The van der Waals surface area contributed by atoms with Crippen LogP contribution in [0.15, 0.2) is 18.2 Å². The maximum atomic E-state index is 10.3. The lowest BCUT2D eigenvalue weighted by molar-refractivity contribution is -0.137. The molecule has 0 amide bonds. The smallest absolute Gasteiger partial charge is 0.303 e. The molecule has 0 bridgehead atoms. The number of hydrogen-bond donors (Lipinski definition) is 1. The summed E-state index contributed by atoms with van der Waals surface area (Å²) in [5.74, 6) is 0.831. The number of aliphatic carboxylic acids is 1. The van der Waals surface area contributed by atoms with Crippen LogP contribution in [0.2, 0.25) is 0 Å². The molecule has 1 aromatic carbocycles. The monoisotopic (exact) mass is 240 g/mol. The summed E-state index contributed by atoms with van der Waals surface area (Å²) >= 11 is 0. The van der Waals surface area contributed by atoms with Crippen LogP contribution in [-0.4, -0.2) is 31.9 Å². The highest BCUT2D eigenvalue weighted by atomic mass is 16.5. The number of para-hydroxylation sites is 1. The first-order valence-corrected chi connectivity index (χ1v) is 5.24. The Hall–Kier alpha value is -1.91. The van der Waals surface area contributed by atoms with E-state index in [0.29, 0.717) is 30.3 Å². The molecule has 0 spiro atoms. The normalized spacial score (nSPS) is 9.76. The van der Waals surface area contributed by atoms with E-state index in [1.807, 2.05) is 0 Å². The number of carboxylic acid groups (broad SMARTS) is 1. The second-order valence-corrected chi connectivity index (χ2v) is 3.34. The number of rotatable bonds is 7. The number of hydrogen-bond acceptors (Lipinski definition) is 4. The van der Waals surface area contributed by atoms with Gasteiger partial charge in [-0.3, -0.25) is 4.79 Å². The van der Waals surface area contributed by atoms with Crippen LogP contribution < -0.4 is 14.2 Å². The summed E-state index contributed by atoms with van der Waals surface area (Å²) in [7, 11) is 3.08. The van der Waals surface area contributed by atoms with Gasteiger partial charge in [0.2, 0.25) is 5.75 Å². The molecule has 0 aliphatic heterocycles. The molecule has 5 nitrogen and oxygen atoms in total. The van der Waals surface area contributed by atoms with Gasteiger partial charge < -0.3 is 19.3 Å². The highest BCUT2D eigenvalue weighted by molar-refractivity contribution is 5.66. The van der Waals surface area contributed by atoms with Gasteiger partial charge in [-0.15, -0.1) is 0 Å². The van der Waals surface area contributed by atoms with Gasteiger partial charge in [-0.25, -0.2) is 0 Å². The standard InChI is InChI=1S/C12H16O5/c1-15-9-5-3-6-10(12(9)16-2)17-8-4-7-11(13)14/h3,5-6H,4,7-8H2,1-2H3,(H,13,14). The van der Waals surface area contributed by atoms with Crippen molar-refractivity contribution in [1.29, 1.82) is 0 Å². The van der Waals surface area contributed by atoms with Gasteiger partial charge >= 0.3 is 5.97 Å². The summed E-state index contributed by atoms with van der Waals surface area (Å²) in [5.41, 5.74) is 0. The van der Waals surface area contributed by atoms with Crippen molar-refractivity contribution in [3.63, 3.8) is 0 Å². The summed E-state index contributed by atoms with van der Waals surface area (Å²) in [5, 5.41) is 8.49. The molecule has 0 aromatic heterocycles. The maximum Gasteiger partial charge on any atom is 0.303 e. The Morgan fingerprint density at radius 3 is 2.53 bits per heavy atom. The van der Waals surface area contributed by atoms with Crippen molar-refractivity contribution in [3.05, 3.63) is 18.2 Å². The fourth-order valence-corrected chi connectivity index (χ4v) is 1.38. The molecule has 1 rings (SSSR count). The van der Waals surface area contributed by atoms with E-state index in [0.717, 1.165) is 0 Å². The third-order valence-corrected chi connectivity index (χ3v) is 2.16. The summed E-state index contributed by atoms with van der Waals surface area (Å²) in [6, 6.07) is 5.30. The zero-order valence-electron chi connectivity index (χ0n) is 9.93. The van der Waals surface area contributed by atoms with Gasteiger partial charge in [0.05, 0.1) is 20.8 Å². The zero-order valence-corrected chi connectivity index (χ0v) is 9.93. The van der Waals surface area contributed by atoms with Crippen LogP contribution in [0.25, 0.3) is 0 Å². The number of benzene rings is 1. The van der Waals surface area contributed by atoms with E-state index in [1.54, 1.807) is 25.3 Å². The van der Waals surface area contributed by atoms with Gasteiger partial charge in [-0.1, -0.05) is 6.07 Å². The Morgan fingerprint density at radius 2 is 1.94 bits per heavy atom. The molecule has 0 aliphatic rings. The molecule has 0 unspecified atom stereocenters. The average Bonchev–Trinajstić information content (AvgIpc) is 2.33. The van der Waals surface area contributed by atoms with Crippen molar-refractivity contribution >= 4 is 5.97 Å². The van der Waals surface area contributed by atoms with Crippen molar-refractivity contribution in [1.82, 2.24) is 0 Å². The molecule has 17 heavy (non-hydrogen) atoms. The Kier molecular flexibility index (Phi) is 5.13. The molecule has 0 atom stereocenters. The molecule has 1 aromatic rings. The number of methoxy groups -OCH3 is 2. The molecule has 0 aliphatic carbocycles. The lowest BCUT2D eigenvalue weighted by Crippen LogP contribution is -2.03. The molecule has 0 saturated carbocycles. The van der Waals surface area contributed by atoms with Gasteiger partial charge in [0.25, 0.3) is 0 Å². The Labute approximate surface area is 99.9 Å². The Balaban J connectivity index is 2.60. The largest absolute Gasteiger partial charge is 0.493 e. The average molecular weight is 240 g/mol. The first-order chi connectivity index (χ1) is 8.19. The van der Waals surface area contributed by atoms with E-state index in [9.17, 15) is 4.79 Å². The number of carboxylic acids is 1. The van der Waals surface area contributed by atoms with Gasteiger partial charge in [0.1, 0.15) is 0 Å². The Morgan fingerprint density at radius 1 is 1.24 bits per heavy atom. The summed E-state index contributed by atoms with van der Waals surface area (Å²) in [6.07, 6.45) is 0.544. The number of ether oxygens (including phenoxy) is 3. The lowest BCUT2D eigenvalue weighted by Gasteiger charge is -2.13. The van der Waals surface area contributed by atoms with Crippen LogP contribution in [0.3, 0.4) is 0 Å². The molecule has 5 heteroatoms. The van der Waals surface area contributed by atoms with Crippen molar-refractivity contribution in [3.8, 4) is 17.2 Å². The maximum absolute atomic E-state index is 10.3. The van der Waals surface area contributed by atoms with Gasteiger partial charge in [0.15, 0.2) is 11.5 Å². The summed E-state index contributed by atoms with van der Waals surface area (Å²) < 4.78 is 15.8. The lowest BCUT2D eigenvalue weighted by atomic mass is 10.3. The third kappa shape index (κ3) is 3.86. The SMILES string of the molecule is COc1cccc(OCCCC(=O)O)c1OC. The topological polar surface area (TPSA) is 65.0 Å². The van der Waals surface area contributed by atoms with E-state index >= 15 is 0 Å². The summed E-state index contributed by atoms with van der Waals surface area (Å²) in [4.78, 5) is 10.3. The molecule has 0 radical (unpaired) electrons. The molecule has 0 heterocycles. The molecular weight excluding hydrogens is 224 g/mol. The Bertz CT molecular complexity index is 375. The van der Waals surface area contributed by atoms with Gasteiger partial charge in [-0.2, -0.15) is 0 Å². The van der Waals surface area contributed by atoms with Crippen LogP contribution in [0.1, 0.15) is 12.8 Å². The first kappa shape index (κ1) is 13.2. The first-order valence-electron chi connectivity index (χ1n) is 5.24. The second kappa shape index (κ2) is 6.62. The van der Waals surface area contributed by atoms with E-state index in [4.69, 9.17) is 19.3 Å². The minimum absolute atomic E-state index is 0.0896. The quantitative estimate of drug-likeness (QED) is 0.738. The van der Waals surface area contributed by atoms with Crippen molar-refractivity contribution in [2.24, 2.45) is 0 Å². The highest BCUT2D eigenvalue weighted by Gasteiger charge is 2.10. The van der Waals surface area contributed by atoms with E-state index < -0.39 is 5.97 Å².